The summed E-state index contributed by atoms with van der Waals surface area (Å²) in [5, 5.41) is 6.82. The van der Waals surface area contributed by atoms with Crippen molar-refractivity contribution in [3.05, 3.63) is 34.9 Å². The summed E-state index contributed by atoms with van der Waals surface area (Å²) in [5.41, 5.74) is 1.24. The average Bonchev–Trinajstić information content (AvgIpc) is 2.35. The molecule has 5 heteroatoms. The molecule has 1 aromatic rings. The molecule has 0 saturated carbocycles. The maximum atomic E-state index is 12.0. The minimum atomic E-state index is 0. The lowest BCUT2D eigenvalue weighted by Crippen LogP contribution is -2.32. The van der Waals surface area contributed by atoms with Crippen molar-refractivity contribution >= 4 is 29.9 Å². The third-order valence-electron chi connectivity index (χ3n) is 3.03. The molecule has 1 amide bonds. The standard InChI is InChI=1S/C16H25ClN2O.ClH/c1-16(2,3)11-14(19-15(20)9-10-18-4)12-5-7-13(17)8-6-12;/h5-8,14,18H,9-11H2,1-4H3,(H,19,20);1H. The van der Waals surface area contributed by atoms with Crippen molar-refractivity contribution in [2.75, 3.05) is 13.6 Å². The van der Waals surface area contributed by atoms with Gasteiger partial charge in [-0.25, -0.2) is 0 Å². The van der Waals surface area contributed by atoms with E-state index in [0.717, 1.165) is 12.0 Å². The van der Waals surface area contributed by atoms with Crippen molar-refractivity contribution in [3.63, 3.8) is 0 Å². The number of amides is 1. The first-order valence-electron chi connectivity index (χ1n) is 7.01. The molecule has 2 N–H and O–H groups in total. The molecule has 0 spiro atoms. The van der Waals surface area contributed by atoms with Crippen LogP contribution in [0.2, 0.25) is 5.02 Å². The summed E-state index contributed by atoms with van der Waals surface area (Å²) in [7, 11) is 1.85. The summed E-state index contributed by atoms with van der Waals surface area (Å²) in [6.07, 6.45) is 1.38. The van der Waals surface area contributed by atoms with Gasteiger partial charge in [0.05, 0.1) is 6.04 Å². The van der Waals surface area contributed by atoms with Gasteiger partial charge >= 0.3 is 0 Å². The SMILES string of the molecule is CNCCC(=O)NC(CC(C)(C)C)c1ccc(Cl)cc1.Cl. The van der Waals surface area contributed by atoms with Gasteiger partial charge < -0.3 is 10.6 Å². The molecule has 0 aliphatic heterocycles. The number of hydrogen-bond donors (Lipinski definition) is 2. The molecule has 3 nitrogen and oxygen atoms in total. The van der Waals surface area contributed by atoms with E-state index in [2.05, 4.69) is 31.4 Å². The van der Waals surface area contributed by atoms with Crippen LogP contribution in [0.4, 0.5) is 0 Å². The smallest absolute Gasteiger partial charge is 0.221 e. The molecule has 0 bridgehead atoms. The van der Waals surface area contributed by atoms with E-state index >= 15 is 0 Å². The van der Waals surface area contributed by atoms with Gasteiger partial charge in [-0.2, -0.15) is 0 Å². The first kappa shape index (κ1) is 20.2. The summed E-state index contributed by atoms with van der Waals surface area (Å²) >= 11 is 5.93. The lowest BCUT2D eigenvalue weighted by molar-refractivity contribution is -0.121. The van der Waals surface area contributed by atoms with E-state index in [1.165, 1.54) is 0 Å². The van der Waals surface area contributed by atoms with Crippen LogP contribution in [0.5, 0.6) is 0 Å². The van der Waals surface area contributed by atoms with Gasteiger partial charge in [0.25, 0.3) is 0 Å². The average molecular weight is 333 g/mol. The van der Waals surface area contributed by atoms with Gasteiger partial charge in [-0.05, 0) is 36.6 Å². The van der Waals surface area contributed by atoms with Crippen LogP contribution in [0, 0.1) is 5.41 Å². The van der Waals surface area contributed by atoms with Gasteiger partial charge in [0.2, 0.25) is 5.91 Å². The minimum Gasteiger partial charge on any atom is -0.349 e. The minimum absolute atomic E-state index is 0. The molecule has 120 valence electrons. The van der Waals surface area contributed by atoms with Crippen molar-refractivity contribution in [2.24, 2.45) is 5.41 Å². The van der Waals surface area contributed by atoms with E-state index in [0.29, 0.717) is 18.0 Å². The number of benzene rings is 1. The Morgan fingerprint density at radius 2 is 1.81 bits per heavy atom. The van der Waals surface area contributed by atoms with Crippen LogP contribution in [0.15, 0.2) is 24.3 Å². The molecule has 0 aliphatic carbocycles. The monoisotopic (exact) mass is 332 g/mol. The van der Waals surface area contributed by atoms with Gasteiger partial charge in [-0.3, -0.25) is 4.79 Å². The predicted octanol–water partition coefficient (Wildman–Crippen LogP) is 3.96. The fourth-order valence-electron chi connectivity index (χ4n) is 2.06. The number of hydrogen-bond acceptors (Lipinski definition) is 2. The van der Waals surface area contributed by atoms with Gasteiger partial charge in [0.1, 0.15) is 0 Å². The maximum absolute atomic E-state index is 12.0. The van der Waals surface area contributed by atoms with E-state index in [-0.39, 0.29) is 29.8 Å². The van der Waals surface area contributed by atoms with E-state index in [9.17, 15) is 4.79 Å². The summed E-state index contributed by atoms with van der Waals surface area (Å²) < 4.78 is 0. The highest BCUT2D eigenvalue weighted by Gasteiger charge is 2.21. The molecule has 0 radical (unpaired) electrons. The fraction of sp³-hybridized carbons (Fsp3) is 0.562. The third kappa shape index (κ3) is 8.30. The largest absolute Gasteiger partial charge is 0.349 e. The highest BCUT2D eigenvalue weighted by atomic mass is 35.5. The van der Waals surface area contributed by atoms with Crippen LogP contribution in [0.1, 0.15) is 45.2 Å². The van der Waals surface area contributed by atoms with Crippen LogP contribution in [0.3, 0.4) is 0 Å². The highest BCUT2D eigenvalue weighted by molar-refractivity contribution is 6.30. The first-order valence-corrected chi connectivity index (χ1v) is 7.39. The van der Waals surface area contributed by atoms with Crippen LogP contribution >= 0.6 is 24.0 Å². The number of nitrogens with one attached hydrogen (secondary N) is 2. The first-order chi connectivity index (χ1) is 9.31. The molecule has 1 atom stereocenters. The zero-order valence-corrected chi connectivity index (χ0v) is 14.8. The Balaban J connectivity index is 0.00000400. The summed E-state index contributed by atoms with van der Waals surface area (Å²) in [6, 6.07) is 7.73. The third-order valence-corrected chi connectivity index (χ3v) is 3.28. The second-order valence-corrected chi connectivity index (χ2v) is 6.73. The Morgan fingerprint density at radius 1 is 1.24 bits per heavy atom. The lowest BCUT2D eigenvalue weighted by atomic mass is 9.85. The number of rotatable bonds is 6. The van der Waals surface area contributed by atoms with Gasteiger partial charge in [-0.1, -0.05) is 44.5 Å². The van der Waals surface area contributed by atoms with Gasteiger partial charge in [0, 0.05) is 18.0 Å². The molecule has 1 rings (SSSR count). The molecule has 0 aromatic heterocycles. The van der Waals surface area contributed by atoms with Crippen molar-refractivity contribution < 1.29 is 4.79 Å². The van der Waals surface area contributed by atoms with Gasteiger partial charge in [0.15, 0.2) is 0 Å². The van der Waals surface area contributed by atoms with Crippen molar-refractivity contribution in [1.29, 1.82) is 0 Å². The highest BCUT2D eigenvalue weighted by Crippen LogP contribution is 2.30. The molecule has 0 fully saturated rings. The summed E-state index contributed by atoms with van der Waals surface area (Å²) in [6.45, 7) is 7.22. The van der Waals surface area contributed by atoms with Crippen LogP contribution in [-0.4, -0.2) is 19.5 Å². The van der Waals surface area contributed by atoms with Gasteiger partial charge in [-0.15, -0.1) is 12.4 Å². The maximum Gasteiger partial charge on any atom is 0.221 e. The van der Waals surface area contributed by atoms with E-state index in [1.807, 2.05) is 31.3 Å². The van der Waals surface area contributed by atoms with Crippen LogP contribution in [-0.2, 0) is 4.79 Å². The van der Waals surface area contributed by atoms with Crippen molar-refractivity contribution in [1.82, 2.24) is 10.6 Å². The Hall–Kier alpha value is -0.770. The van der Waals surface area contributed by atoms with E-state index in [1.54, 1.807) is 0 Å². The second-order valence-electron chi connectivity index (χ2n) is 6.29. The number of halogens is 2. The predicted molar refractivity (Wildman–Crippen MR) is 92.2 cm³/mol. The lowest BCUT2D eigenvalue weighted by Gasteiger charge is -2.27. The molecule has 0 heterocycles. The topological polar surface area (TPSA) is 41.1 Å². The molecule has 0 saturated heterocycles. The van der Waals surface area contributed by atoms with E-state index < -0.39 is 0 Å². The van der Waals surface area contributed by atoms with Crippen molar-refractivity contribution in [2.45, 2.75) is 39.7 Å². The number of carbonyl (C=O) groups is 1. The normalized spacial score (nSPS) is 12.4. The summed E-state index contributed by atoms with van der Waals surface area (Å²) in [4.78, 5) is 12.0. The molecule has 0 aliphatic rings. The molecular weight excluding hydrogens is 307 g/mol. The Bertz CT molecular complexity index is 427. The zero-order valence-electron chi connectivity index (χ0n) is 13.2. The number of carbonyl (C=O) groups excluding carboxylic acids is 1. The Labute approximate surface area is 139 Å². The summed E-state index contributed by atoms with van der Waals surface area (Å²) in [5.74, 6) is 0.0727. The second kappa shape index (κ2) is 9.29. The molecule has 21 heavy (non-hydrogen) atoms. The van der Waals surface area contributed by atoms with E-state index in [4.69, 9.17) is 11.6 Å². The van der Waals surface area contributed by atoms with Crippen molar-refractivity contribution in [3.8, 4) is 0 Å². The fourth-order valence-corrected chi connectivity index (χ4v) is 2.19. The van der Waals surface area contributed by atoms with Crippen LogP contribution < -0.4 is 10.6 Å². The molecule has 1 aromatic carbocycles. The zero-order chi connectivity index (χ0) is 15.2. The quantitative estimate of drug-likeness (QED) is 0.827. The van der Waals surface area contributed by atoms with Crippen LogP contribution in [0.25, 0.3) is 0 Å². The Morgan fingerprint density at radius 3 is 2.29 bits per heavy atom. The molecule has 1 unspecified atom stereocenters. The molecular formula is C16H26Cl2N2O. The Kier molecular flexibility index (Phi) is 8.95.